The highest BCUT2D eigenvalue weighted by Crippen LogP contribution is 2.32. The number of ether oxygens (including phenoxy) is 1. The molecule has 8 heteroatoms. The largest absolute Gasteiger partial charge is 0.496 e. The number of halogens is 1. The number of imidazole rings is 1. The molecule has 0 aliphatic carbocycles. The third-order valence-electron chi connectivity index (χ3n) is 7.49. The fourth-order valence-electron chi connectivity index (χ4n) is 5.53. The standard InChI is InChI=1S/C28H36BrN5O2/c1-20-8-7-14-33(19-20)28(35)22-17-24-27(30-18-22)34(15-6-5-13-32-11-3-4-12-32)26(31-24)21-9-10-25(36-2)23(29)16-21/h9-10,16-18,20H,3-8,11-15,19H2,1-2H3. The number of carbonyl (C=O) groups is 1. The van der Waals surface area contributed by atoms with E-state index in [4.69, 9.17) is 14.7 Å². The number of carbonyl (C=O) groups excluding carboxylic acids is 1. The van der Waals surface area contributed by atoms with Gasteiger partial charge in [0.15, 0.2) is 5.65 Å². The molecule has 0 bridgehead atoms. The number of nitrogens with zero attached hydrogens (tertiary/aromatic N) is 5. The third kappa shape index (κ3) is 5.44. The summed E-state index contributed by atoms with van der Waals surface area (Å²) in [4.78, 5) is 27.5. The number of piperidine rings is 1. The summed E-state index contributed by atoms with van der Waals surface area (Å²) in [5.41, 5.74) is 3.23. The van der Waals surface area contributed by atoms with Crippen molar-refractivity contribution in [2.45, 2.75) is 52.0 Å². The Bertz CT molecular complexity index is 1220. The van der Waals surface area contributed by atoms with Gasteiger partial charge in [0.05, 0.1) is 17.1 Å². The zero-order valence-electron chi connectivity index (χ0n) is 21.4. The number of likely N-dealkylation sites (tertiary alicyclic amines) is 2. The van der Waals surface area contributed by atoms with Gasteiger partial charge in [0.1, 0.15) is 17.1 Å². The Morgan fingerprint density at radius 1 is 1.11 bits per heavy atom. The van der Waals surface area contributed by atoms with Crippen molar-refractivity contribution in [1.29, 1.82) is 0 Å². The first-order valence-corrected chi connectivity index (χ1v) is 14.0. The van der Waals surface area contributed by atoms with E-state index in [0.717, 1.165) is 78.2 Å². The summed E-state index contributed by atoms with van der Waals surface area (Å²) >= 11 is 3.62. The maximum Gasteiger partial charge on any atom is 0.255 e. The summed E-state index contributed by atoms with van der Waals surface area (Å²) in [6.45, 7) is 8.29. The molecule has 2 aromatic heterocycles. The molecule has 2 aliphatic heterocycles. The number of hydrogen-bond acceptors (Lipinski definition) is 5. The highest BCUT2D eigenvalue weighted by molar-refractivity contribution is 9.10. The summed E-state index contributed by atoms with van der Waals surface area (Å²) in [6, 6.07) is 7.96. The summed E-state index contributed by atoms with van der Waals surface area (Å²) in [6.07, 6.45) is 8.83. The maximum absolute atomic E-state index is 13.2. The molecule has 36 heavy (non-hydrogen) atoms. The summed E-state index contributed by atoms with van der Waals surface area (Å²) < 4.78 is 8.53. The van der Waals surface area contributed by atoms with E-state index in [-0.39, 0.29) is 5.91 Å². The van der Waals surface area contributed by atoms with Gasteiger partial charge < -0.3 is 19.1 Å². The predicted octanol–water partition coefficient (Wildman–Crippen LogP) is 5.62. The lowest BCUT2D eigenvalue weighted by atomic mass is 10.00. The molecule has 7 nitrogen and oxygen atoms in total. The Hall–Kier alpha value is -2.45. The van der Waals surface area contributed by atoms with Gasteiger partial charge in [0.25, 0.3) is 5.91 Å². The maximum atomic E-state index is 13.2. The fourth-order valence-corrected chi connectivity index (χ4v) is 6.07. The van der Waals surface area contributed by atoms with Crippen molar-refractivity contribution < 1.29 is 9.53 Å². The monoisotopic (exact) mass is 553 g/mol. The van der Waals surface area contributed by atoms with E-state index in [1.807, 2.05) is 29.2 Å². The van der Waals surface area contributed by atoms with Gasteiger partial charge in [0, 0.05) is 31.4 Å². The second-order valence-corrected chi connectivity index (χ2v) is 11.1. The van der Waals surface area contributed by atoms with Crippen molar-refractivity contribution >= 4 is 33.0 Å². The highest BCUT2D eigenvalue weighted by Gasteiger charge is 2.24. The first-order valence-electron chi connectivity index (χ1n) is 13.3. The molecule has 1 atom stereocenters. The first kappa shape index (κ1) is 25.2. The molecule has 3 aromatic rings. The number of methoxy groups -OCH3 is 1. The van der Waals surface area contributed by atoms with Crippen LogP contribution in [0.3, 0.4) is 0 Å². The lowest BCUT2D eigenvalue weighted by Crippen LogP contribution is -2.39. The number of amides is 1. The molecule has 2 fully saturated rings. The number of aromatic nitrogens is 3. The van der Waals surface area contributed by atoms with E-state index in [2.05, 4.69) is 32.3 Å². The van der Waals surface area contributed by atoms with Gasteiger partial charge in [-0.3, -0.25) is 4.79 Å². The molecule has 1 aromatic carbocycles. The average Bonchev–Trinajstić information content (AvgIpc) is 3.53. The fraction of sp³-hybridized carbons (Fsp3) is 0.536. The Kier molecular flexibility index (Phi) is 7.91. The molecule has 192 valence electrons. The van der Waals surface area contributed by atoms with Crippen LogP contribution in [0.5, 0.6) is 5.75 Å². The van der Waals surface area contributed by atoms with Crippen LogP contribution < -0.4 is 4.74 Å². The Balaban J connectivity index is 1.43. The van der Waals surface area contributed by atoms with E-state index >= 15 is 0 Å². The minimum atomic E-state index is 0.0601. The Labute approximate surface area is 222 Å². The second kappa shape index (κ2) is 11.3. The molecule has 0 spiro atoms. The third-order valence-corrected chi connectivity index (χ3v) is 8.11. The number of pyridine rings is 1. The van der Waals surface area contributed by atoms with Gasteiger partial charge in [-0.1, -0.05) is 6.92 Å². The predicted molar refractivity (Wildman–Crippen MR) is 146 cm³/mol. The molecule has 0 N–H and O–H groups in total. The number of benzene rings is 1. The van der Waals surface area contributed by atoms with Crippen LogP contribution >= 0.6 is 15.9 Å². The smallest absolute Gasteiger partial charge is 0.255 e. The van der Waals surface area contributed by atoms with Crippen molar-refractivity contribution in [2.24, 2.45) is 5.92 Å². The van der Waals surface area contributed by atoms with Crippen LogP contribution in [0.4, 0.5) is 0 Å². The van der Waals surface area contributed by atoms with Crippen molar-refractivity contribution in [3.63, 3.8) is 0 Å². The van der Waals surface area contributed by atoms with Crippen molar-refractivity contribution in [1.82, 2.24) is 24.3 Å². The number of hydrogen-bond donors (Lipinski definition) is 0. The molecule has 4 heterocycles. The van der Waals surface area contributed by atoms with Crippen LogP contribution in [0.25, 0.3) is 22.6 Å². The number of unbranched alkanes of at least 4 members (excludes halogenated alkanes) is 1. The van der Waals surface area contributed by atoms with Crippen LogP contribution in [0.2, 0.25) is 0 Å². The van der Waals surface area contributed by atoms with E-state index in [9.17, 15) is 4.79 Å². The molecule has 5 rings (SSSR count). The van der Waals surface area contributed by atoms with Crippen molar-refractivity contribution in [2.75, 3.05) is 39.8 Å². The van der Waals surface area contributed by atoms with E-state index in [0.29, 0.717) is 11.5 Å². The van der Waals surface area contributed by atoms with Gasteiger partial charge in [-0.2, -0.15) is 0 Å². The summed E-state index contributed by atoms with van der Waals surface area (Å²) in [7, 11) is 1.67. The molecule has 2 saturated heterocycles. The number of rotatable bonds is 8. The van der Waals surface area contributed by atoms with E-state index in [1.165, 1.54) is 32.4 Å². The number of fused-ring (bicyclic) bond motifs is 1. The van der Waals surface area contributed by atoms with Crippen LogP contribution in [0, 0.1) is 5.92 Å². The lowest BCUT2D eigenvalue weighted by molar-refractivity contribution is 0.0683. The van der Waals surface area contributed by atoms with Crippen LogP contribution in [-0.4, -0.2) is 70.1 Å². The average molecular weight is 555 g/mol. The molecule has 1 unspecified atom stereocenters. The van der Waals surface area contributed by atoms with Crippen LogP contribution in [0.1, 0.15) is 55.8 Å². The van der Waals surface area contributed by atoms with Crippen molar-refractivity contribution in [3.8, 4) is 17.1 Å². The Morgan fingerprint density at radius 3 is 2.67 bits per heavy atom. The molecule has 2 aliphatic rings. The van der Waals surface area contributed by atoms with Crippen molar-refractivity contribution in [3.05, 3.63) is 40.5 Å². The zero-order valence-corrected chi connectivity index (χ0v) is 23.0. The zero-order chi connectivity index (χ0) is 25.1. The first-order chi connectivity index (χ1) is 17.5. The minimum absolute atomic E-state index is 0.0601. The SMILES string of the molecule is COc1ccc(-c2nc3cc(C(=O)N4CCCC(C)C4)cnc3n2CCCCN2CCCC2)cc1Br. The van der Waals surface area contributed by atoms with Gasteiger partial charge in [0.2, 0.25) is 0 Å². The van der Waals surface area contributed by atoms with Crippen LogP contribution in [-0.2, 0) is 6.54 Å². The normalized spacial score (nSPS) is 18.8. The molecule has 0 radical (unpaired) electrons. The quantitative estimate of drug-likeness (QED) is 0.339. The summed E-state index contributed by atoms with van der Waals surface area (Å²) in [5.74, 6) is 2.26. The van der Waals surface area contributed by atoms with Gasteiger partial charge in [-0.05, 0) is 104 Å². The van der Waals surface area contributed by atoms with E-state index in [1.54, 1.807) is 13.3 Å². The molecular weight excluding hydrogens is 518 g/mol. The van der Waals surface area contributed by atoms with E-state index < -0.39 is 0 Å². The van der Waals surface area contributed by atoms with Gasteiger partial charge in [-0.25, -0.2) is 9.97 Å². The molecule has 1 amide bonds. The number of aryl methyl sites for hydroxylation is 1. The lowest BCUT2D eigenvalue weighted by Gasteiger charge is -2.30. The second-order valence-electron chi connectivity index (χ2n) is 10.3. The van der Waals surface area contributed by atoms with Gasteiger partial charge in [-0.15, -0.1) is 0 Å². The topological polar surface area (TPSA) is 63.5 Å². The molecule has 0 saturated carbocycles. The van der Waals surface area contributed by atoms with Gasteiger partial charge >= 0.3 is 0 Å². The molecular formula is C28H36BrN5O2. The van der Waals surface area contributed by atoms with Crippen LogP contribution in [0.15, 0.2) is 34.9 Å². The summed E-state index contributed by atoms with van der Waals surface area (Å²) in [5, 5.41) is 0. The highest BCUT2D eigenvalue weighted by atomic mass is 79.9. The Morgan fingerprint density at radius 2 is 1.92 bits per heavy atom. The minimum Gasteiger partial charge on any atom is -0.496 e.